The Labute approximate surface area is 101 Å². The SMILES string of the molecule is CCCNCc1nnc(CC(C)(C)OC)s1. The van der Waals surface area contributed by atoms with Gasteiger partial charge < -0.3 is 10.1 Å². The Morgan fingerprint density at radius 2 is 2.00 bits per heavy atom. The van der Waals surface area contributed by atoms with Crippen molar-refractivity contribution >= 4 is 11.3 Å². The lowest BCUT2D eigenvalue weighted by Gasteiger charge is -2.20. The van der Waals surface area contributed by atoms with Gasteiger partial charge in [-0.05, 0) is 26.8 Å². The summed E-state index contributed by atoms with van der Waals surface area (Å²) >= 11 is 1.66. The lowest BCUT2D eigenvalue weighted by atomic mass is 10.1. The quantitative estimate of drug-likeness (QED) is 0.744. The van der Waals surface area contributed by atoms with E-state index in [1.54, 1.807) is 18.4 Å². The topological polar surface area (TPSA) is 47.0 Å². The van der Waals surface area contributed by atoms with Crippen LogP contribution < -0.4 is 5.32 Å². The first-order valence-electron chi connectivity index (χ1n) is 5.64. The maximum atomic E-state index is 5.37. The van der Waals surface area contributed by atoms with Crippen molar-refractivity contribution < 1.29 is 4.74 Å². The Morgan fingerprint density at radius 1 is 1.31 bits per heavy atom. The predicted octanol–water partition coefficient (Wildman–Crippen LogP) is 2.01. The molecule has 0 bridgehead atoms. The van der Waals surface area contributed by atoms with Gasteiger partial charge in [0.2, 0.25) is 0 Å². The molecular weight excluding hydrogens is 222 g/mol. The molecule has 1 heterocycles. The summed E-state index contributed by atoms with van der Waals surface area (Å²) in [5.74, 6) is 0. The number of rotatable bonds is 7. The van der Waals surface area contributed by atoms with Crippen LogP contribution in [-0.2, 0) is 17.7 Å². The standard InChI is InChI=1S/C11H21N3OS/c1-5-6-12-8-10-14-13-9(16-10)7-11(2,3)15-4/h12H,5-8H2,1-4H3. The molecule has 0 fully saturated rings. The molecule has 0 aliphatic rings. The van der Waals surface area contributed by atoms with Crippen molar-refractivity contribution in [3.05, 3.63) is 10.0 Å². The minimum Gasteiger partial charge on any atom is -0.378 e. The fraction of sp³-hybridized carbons (Fsp3) is 0.818. The molecular formula is C11H21N3OS. The van der Waals surface area contributed by atoms with Gasteiger partial charge in [0.1, 0.15) is 10.0 Å². The van der Waals surface area contributed by atoms with E-state index in [2.05, 4.69) is 36.3 Å². The number of hydrogen-bond donors (Lipinski definition) is 1. The highest BCUT2D eigenvalue weighted by atomic mass is 32.1. The van der Waals surface area contributed by atoms with Gasteiger partial charge in [0.15, 0.2) is 0 Å². The van der Waals surface area contributed by atoms with Gasteiger partial charge in [-0.25, -0.2) is 0 Å². The van der Waals surface area contributed by atoms with Crippen LogP contribution in [0.1, 0.15) is 37.2 Å². The van der Waals surface area contributed by atoms with Crippen LogP contribution in [-0.4, -0.2) is 29.5 Å². The molecule has 0 radical (unpaired) electrons. The summed E-state index contributed by atoms with van der Waals surface area (Å²) in [4.78, 5) is 0. The van der Waals surface area contributed by atoms with Crippen molar-refractivity contribution in [2.45, 2.75) is 45.8 Å². The normalized spacial score (nSPS) is 12.0. The van der Waals surface area contributed by atoms with E-state index in [9.17, 15) is 0 Å². The highest BCUT2D eigenvalue weighted by Gasteiger charge is 2.19. The van der Waals surface area contributed by atoms with E-state index in [0.717, 1.165) is 35.9 Å². The Balaban J connectivity index is 2.45. The number of nitrogens with zero attached hydrogens (tertiary/aromatic N) is 2. The van der Waals surface area contributed by atoms with Crippen molar-refractivity contribution in [3.8, 4) is 0 Å². The van der Waals surface area contributed by atoms with Gasteiger partial charge in [-0.1, -0.05) is 6.92 Å². The molecule has 1 N–H and O–H groups in total. The molecule has 0 spiro atoms. The van der Waals surface area contributed by atoms with Crippen molar-refractivity contribution in [1.29, 1.82) is 0 Å². The van der Waals surface area contributed by atoms with E-state index in [1.807, 2.05) is 0 Å². The van der Waals surface area contributed by atoms with E-state index in [-0.39, 0.29) is 5.60 Å². The number of aromatic nitrogens is 2. The van der Waals surface area contributed by atoms with Crippen LogP contribution >= 0.6 is 11.3 Å². The van der Waals surface area contributed by atoms with Crippen LogP contribution in [0, 0.1) is 0 Å². The lowest BCUT2D eigenvalue weighted by molar-refractivity contribution is 0.0230. The zero-order valence-electron chi connectivity index (χ0n) is 10.5. The van der Waals surface area contributed by atoms with E-state index in [0.29, 0.717) is 0 Å². The van der Waals surface area contributed by atoms with Gasteiger partial charge in [0.05, 0.1) is 5.60 Å². The Kier molecular flexibility index (Phi) is 5.31. The minimum absolute atomic E-state index is 0.159. The molecule has 0 saturated heterocycles. The molecule has 1 rings (SSSR count). The number of ether oxygens (including phenoxy) is 1. The molecule has 0 saturated carbocycles. The highest BCUT2D eigenvalue weighted by molar-refractivity contribution is 7.11. The van der Waals surface area contributed by atoms with Gasteiger partial charge in [-0.15, -0.1) is 21.5 Å². The van der Waals surface area contributed by atoms with E-state index in [4.69, 9.17) is 4.74 Å². The largest absolute Gasteiger partial charge is 0.378 e. The van der Waals surface area contributed by atoms with E-state index in [1.165, 1.54) is 0 Å². The van der Waals surface area contributed by atoms with Gasteiger partial charge in [0, 0.05) is 20.1 Å². The van der Waals surface area contributed by atoms with Gasteiger partial charge in [-0.2, -0.15) is 0 Å². The van der Waals surface area contributed by atoms with Crippen molar-refractivity contribution in [1.82, 2.24) is 15.5 Å². The van der Waals surface area contributed by atoms with Crippen LogP contribution in [0.15, 0.2) is 0 Å². The molecule has 5 heteroatoms. The molecule has 1 aromatic rings. The molecule has 0 amide bonds. The molecule has 0 unspecified atom stereocenters. The van der Waals surface area contributed by atoms with Crippen LogP contribution in [0.4, 0.5) is 0 Å². The second kappa shape index (κ2) is 6.27. The first kappa shape index (κ1) is 13.5. The predicted molar refractivity (Wildman–Crippen MR) is 66.7 cm³/mol. The van der Waals surface area contributed by atoms with Gasteiger partial charge in [0.25, 0.3) is 0 Å². The summed E-state index contributed by atoms with van der Waals surface area (Å²) in [5.41, 5.74) is -0.159. The third kappa shape index (κ3) is 4.55. The summed E-state index contributed by atoms with van der Waals surface area (Å²) in [5, 5.41) is 13.7. The van der Waals surface area contributed by atoms with Crippen molar-refractivity contribution in [2.24, 2.45) is 0 Å². The monoisotopic (exact) mass is 243 g/mol. The fourth-order valence-corrected chi connectivity index (χ4v) is 2.27. The molecule has 0 aliphatic heterocycles. The Morgan fingerprint density at radius 3 is 2.62 bits per heavy atom. The third-order valence-corrected chi connectivity index (χ3v) is 3.26. The maximum Gasteiger partial charge on any atom is 0.131 e. The number of hydrogen-bond acceptors (Lipinski definition) is 5. The van der Waals surface area contributed by atoms with Crippen LogP contribution in [0.3, 0.4) is 0 Å². The second-order valence-corrected chi connectivity index (χ2v) is 5.55. The molecule has 0 atom stereocenters. The summed E-state index contributed by atoms with van der Waals surface area (Å²) in [6.07, 6.45) is 1.96. The summed E-state index contributed by atoms with van der Waals surface area (Å²) in [6.45, 7) is 8.11. The second-order valence-electron chi connectivity index (χ2n) is 4.41. The molecule has 0 aliphatic carbocycles. The average Bonchev–Trinajstić information content (AvgIpc) is 2.65. The zero-order valence-corrected chi connectivity index (χ0v) is 11.4. The zero-order chi connectivity index (χ0) is 12.0. The minimum atomic E-state index is -0.159. The molecule has 1 aromatic heterocycles. The van der Waals surface area contributed by atoms with Gasteiger partial charge in [-0.3, -0.25) is 0 Å². The van der Waals surface area contributed by atoms with E-state index < -0.39 is 0 Å². The molecule has 4 nitrogen and oxygen atoms in total. The van der Waals surface area contributed by atoms with E-state index >= 15 is 0 Å². The molecule has 92 valence electrons. The summed E-state index contributed by atoms with van der Waals surface area (Å²) < 4.78 is 5.37. The number of nitrogens with one attached hydrogen (secondary N) is 1. The smallest absolute Gasteiger partial charge is 0.131 e. The average molecular weight is 243 g/mol. The highest BCUT2D eigenvalue weighted by Crippen LogP contribution is 2.19. The van der Waals surface area contributed by atoms with Crippen LogP contribution in [0.2, 0.25) is 0 Å². The number of methoxy groups -OCH3 is 1. The first-order chi connectivity index (χ1) is 7.57. The summed E-state index contributed by atoms with van der Waals surface area (Å²) in [6, 6.07) is 0. The summed E-state index contributed by atoms with van der Waals surface area (Å²) in [7, 11) is 1.73. The van der Waals surface area contributed by atoms with Crippen LogP contribution in [0.25, 0.3) is 0 Å². The van der Waals surface area contributed by atoms with Gasteiger partial charge >= 0.3 is 0 Å². The van der Waals surface area contributed by atoms with Crippen molar-refractivity contribution in [2.75, 3.05) is 13.7 Å². The van der Waals surface area contributed by atoms with Crippen LogP contribution in [0.5, 0.6) is 0 Å². The molecule has 16 heavy (non-hydrogen) atoms. The first-order valence-corrected chi connectivity index (χ1v) is 6.46. The fourth-order valence-electron chi connectivity index (χ4n) is 1.24. The molecule has 0 aromatic carbocycles. The maximum absolute atomic E-state index is 5.37. The Bertz CT molecular complexity index is 312. The third-order valence-electron chi connectivity index (χ3n) is 2.34. The lowest BCUT2D eigenvalue weighted by Crippen LogP contribution is -2.25. The van der Waals surface area contributed by atoms with Crippen molar-refractivity contribution in [3.63, 3.8) is 0 Å². The Hall–Kier alpha value is -0.520.